The van der Waals surface area contributed by atoms with Crippen LogP contribution in [-0.2, 0) is 0 Å². The Morgan fingerprint density at radius 1 is 1.21 bits per heavy atom. The quantitative estimate of drug-likeness (QED) is 0.828. The number of rotatable bonds is 7. The first-order valence-corrected chi connectivity index (χ1v) is 6.57. The number of hydrogen-bond acceptors (Lipinski definition) is 4. The van der Waals surface area contributed by atoms with Gasteiger partial charge in [-0.2, -0.15) is 0 Å². The lowest BCUT2D eigenvalue weighted by molar-refractivity contribution is 0.286. The molecule has 0 saturated carbocycles. The SMILES string of the molecule is CCNC(CCOc1ccccc1)c1cnccn1. The fourth-order valence-electron chi connectivity index (χ4n) is 1.90. The molecule has 0 fully saturated rings. The zero-order chi connectivity index (χ0) is 13.3. The van der Waals surface area contributed by atoms with Crippen LogP contribution in [0.4, 0.5) is 0 Å². The summed E-state index contributed by atoms with van der Waals surface area (Å²) < 4.78 is 5.72. The van der Waals surface area contributed by atoms with Gasteiger partial charge in [-0.15, -0.1) is 0 Å². The first-order valence-electron chi connectivity index (χ1n) is 6.57. The molecule has 2 aromatic rings. The van der Waals surface area contributed by atoms with E-state index in [2.05, 4.69) is 22.2 Å². The molecule has 1 aromatic carbocycles. The minimum Gasteiger partial charge on any atom is -0.494 e. The molecule has 4 heteroatoms. The maximum Gasteiger partial charge on any atom is 0.119 e. The normalized spacial score (nSPS) is 12.1. The van der Waals surface area contributed by atoms with Crippen LogP contribution in [-0.4, -0.2) is 23.1 Å². The number of nitrogens with one attached hydrogen (secondary N) is 1. The molecule has 0 amide bonds. The minimum absolute atomic E-state index is 0.183. The average molecular weight is 257 g/mol. The van der Waals surface area contributed by atoms with E-state index >= 15 is 0 Å². The molecule has 0 spiro atoms. The minimum atomic E-state index is 0.183. The highest BCUT2D eigenvalue weighted by atomic mass is 16.5. The van der Waals surface area contributed by atoms with E-state index in [1.165, 1.54) is 0 Å². The van der Waals surface area contributed by atoms with Crippen LogP contribution in [0.3, 0.4) is 0 Å². The van der Waals surface area contributed by atoms with E-state index in [0.29, 0.717) is 6.61 Å². The van der Waals surface area contributed by atoms with Crippen molar-refractivity contribution in [3.63, 3.8) is 0 Å². The van der Waals surface area contributed by atoms with E-state index < -0.39 is 0 Å². The van der Waals surface area contributed by atoms with E-state index in [0.717, 1.165) is 24.4 Å². The van der Waals surface area contributed by atoms with Crippen LogP contribution in [0.25, 0.3) is 0 Å². The number of aromatic nitrogens is 2. The third kappa shape index (κ3) is 4.34. The first-order chi connectivity index (χ1) is 9.40. The van der Waals surface area contributed by atoms with Crippen molar-refractivity contribution in [3.05, 3.63) is 54.6 Å². The number of para-hydroxylation sites is 1. The molecule has 1 heterocycles. The molecule has 0 aliphatic heterocycles. The molecule has 1 unspecified atom stereocenters. The molecule has 0 aliphatic rings. The van der Waals surface area contributed by atoms with Gasteiger partial charge in [0.15, 0.2) is 0 Å². The summed E-state index contributed by atoms with van der Waals surface area (Å²) in [6.45, 7) is 3.63. The molecule has 0 saturated heterocycles. The molecular weight excluding hydrogens is 238 g/mol. The highest BCUT2D eigenvalue weighted by Crippen LogP contribution is 2.15. The lowest BCUT2D eigenvalue weighted by Crippen LogP contribution is -2.23. The van der Waals surface area contributed by atoms with Crippen molar-refractivity contribution in [1.82, 2.24) is 15.3 Å². The third-order valence-corrected chi connectivity index (χ3v) is 2.81. The second-order valence-electron chi connectivity index (χ2n) is 4.19. The fourth-order valence-corrected chi connectivity index (χ4v) is 1.90. The first kappa shape index (κ1) is 13.5. The molecule has 1 atom stereocenters. The van der Waals surface area contributed by atoms with Crippen LogP contribution >= 0.6 is 0 Å². The highest BCUT2D eigenvalue weighted by molar-refractivity contribution is 5.20. The van der Waals surface area contributed by atoms with Gasteiger partial charge in [0.25, 0.3) is 0 Å². The fraction of sp³-hybridized carbons (Fsp3) is 0.333. The van der Waals surface area contributed by atoms with Crippen molar-refractivity contribution < 1.29 is 4.74 Å². The Hall–Kier alpha value is -1.94. The topological polar surface area (TPSA) is 47.0 Å². The van der Waals surface area contributed by atoms with Gasteiger partial charge in [0, 0.05) is 25.0 Å². The van der Waals surface area contributed by atoms with E-state index in [-0.39, 0.29) is 6.04 Å². The number of ether oxygens (including phenoxy) is 1. The summed E-state index contributed by atoms with van der Waals surface area (Å²) in [5.74, 6) is 0.900. The molecule has 1 aromatic heterocycles. The van der Waals surface area contributed by atoms with Gasteiger partial charge < -0.3 is 10.1 Å². The summed E-state index contributed by atoms with van der Waals surface area (Å²) >= 11 is 0. The molecule has 2 rings (SSSR count). The Labute approximate surface area is 113 Å². The van der Waals surface area contributed by atoms with Gasteiger partial charge in [-0.1, -0.05) is 25.1 Å². The van der Waals surface area contributed by atoms with Gasteiger partial charge in [0.2, 0.25) is 0 Å². The van der Waals surface area contributed by atoms with E-state index in [9.17, 15) is 0 Å². The third-order valence-electron chi connectivity index (χ3n) is 2.81. The van der Waals surface area contributed by atoms with Crippen molar-refractivity contribution in [1.29, 1.82) is 0 Å². The van der Waals surface area contributed by atoms with Crippen molar-refractivity contribution in [3.8, 4) is 5.75 Å². The smallest absolute Gasteiger partial charge is 0.119 e. The van der Waals surface area contributed by atoms with Gasteiger partial charge in [0.05, 0.1) is 18.3 Å². The van der Waals surface area contributed by atoms with Gasteiger partial charge in [0.1, 0.15) is 5.75 Å². The molecule has 1 N–H and O–H groups in total. The van der Waals surface area contributed by atoms with Crippen LogP contribution in [0.1, 0.15) is 25.1 Å². The molecule has 0 radical (unpaired) electrons. The lowest BCUT2D eigenvalue weighted by atomic mass is 10.1. The zero-order valence-corrected chi connectivity index (χ0v) is 11.1. The van der Waals surface area contributed by atoms with Crippen LogP contribution in [0.5, 0.6) is 5.75 Å². The van der Waals surface area contributed by atoms with Crippen LogP contribution in [0.2, 0.25) is 0 Å². The van der Waals surface area contributed by atoms with Crippen molar-refractivity contribution in [2.45, 2.75) is 19.4 Å². The average Bonchev–Trinajstić information content (AvgIpc) is 2.48. The number of nitrogens with zero attached hydrogens (tertiary/aromatic N) is 2. The van der Waals surface area contributed by atoms with Crippen molar-refractivity contribution in [2.24, 2.45) is 0 Å². The summed E-state index contributed by atoms with van der Waals surface area (Å²) in [4.78, 5) is 8.45. The van der Waals surface area contributed by atoms with Crippen LogP contribution < -0.4 is 10.1 Å². The second-order valence-corrected chi connectivity index (χ2v) is 4.19. The predicted molar refractivity (Wildman–Crippen MR) is 75.0 cm³/mol. The maximum atomic E-state index is 5.72. The van der Waals surface area contributed by atoms with Gasteiger partial charge in [-0.25, -0.2) is 0 Å². The highest BCUT2D eigenvalue weighted by Gasteiger charge is 2.11. The van der Waals surface area contributed by atoms with Crippen LogP contribution in [0, 0.1) is 0 Å². The largest absolute Gasteiger partial charge is 0.494 e. The Bertz CT molecular complexity index is 461. The molecular formula is C15H19N3O. The second kappa shape index (κ2) is 7.48. The Kier molecular flexibility index (Phi) is 5.31. The molecule has 19 heavy (non-hydrogen) atoms. The Morgan fingerprint density at radius 2 is 2.05 bits per heavy atom. The maximum absolute atomic E-state index is 5.72. The molecule has 0 bridgehead atoms. The van der Waals surface area contributed by atoms with E-state index in [1.807, 2.05) is 30.3 Å². The van der Waals surface area contributed by atoms with Gasteiger partial charge in [-0.3, -0.25) is 9.97 Å². The summed E-state index contributed by atoms with van der Waals surface area (Å²) in [5, 5.41) is 3.40. The molecule has 100 valence electrons. The van der Waals surface area contributed by atoms with Crippen molar-refractivity contribution in [2.75, 3.05) is 13.2 Å². The Morgan fingerprint density at radius 3 is 2.74 bits per heavy atom. The summed E-state index contributed by atoms with van der Waals surface area (Å²) in [7, 11) is 0. The van der Waals surface area contributed by atoms with Gasteiger partial charge in [-0.05, 0) is 18.7 Å². The van der Waals surface area contributed by atoms with Gasteiger partial charge >= 0.3 is 0 Å². The van der Waals surface area contributed by atoms with Crippen LogP contribution in [0.15, 0.2) is 48.9 Å². The number of benzene rings is 1. The summed E-state index contributed by atoms with van der Waals surface area (Å²) in [5.41, 5.74) is 0.959. The van der Waals surface area contributed by atoms with E-state index in [4.69, 9.17) is 4.74 Å². The summed E-state index contributed by atoms with van der Waals surface area (Å²) in [6, 6.07) is 10.0. The Balaban J connectivity index is 1.87. The number of hydrogen-bond donors (Lipinski definition) is 1. The monoisotopic (exact) mass is 257 g/mol. The lowest BCUT2D eigenvalue weighted by Gasteiger charge is -2.17. The molecule has 0 aliphatic carbocycles. The summed E-state index contributed by atoms with van der Waals surface area (Å²) in [6.07, 6.45) is 6.07. The van der Waals surface area contributed by atoms with E-state index in [1.54, 1.807) is 18.6 Å². The molecule has 4 nitrogen and oxygen atoms in total. The predicted octanol–water partition coefficient (Wildman–Crippen LogP) is 2.60. The zero-order valence-electron chi connectivity index (χ0n) is 11.1. The van der Waals surface area contributed by atoms with Crippen molar-refractivity contribution >= 4 is 0 Å². The standard InChI is InChI=1S/C15H19N3O/c1-2-17-14(15-12-16-9-10-18-15)8-11-19-13-6-4-3-5-7-13/h3-7,9-10,12,14,17H,2,8,11H2,1H3.